The summed E-state index contributed by atoms with van der Waals surface area (Å²) in [5.41, 5.74) is 3.08. The fraction of sp³-hybridized carbons (Fsp3) is 0.333. The number of carbonyl (C=O) groups is 1. The number of methoxy groups -OCH3 is 2. The number of aliphatic hydroxyl groups is 3. The molecule has 36 heavy (non-hydrogen) atoms. The lowest BCUT2D eigenvalue weighted by atomic mass is 9.97. The van der Waals surface area contributed by atoms with Crippen molar-refractivity contribution in [3.05, 3.63) is 53.3 Å². The van der Waals surface area contributed by atoms with Crippen molar-refractivity contribution in [2.45, 2.75) is 37.1 Å². The van der Waals surface area contributed by atoms with Gasteiger partial charge in [0.1, 0.15) is 29.9 Å². The average Bonchev–Trinajstić information content (AvgIpc) is 3.42. The van der Waals surface area contributed by atoms with E-state index in [9.17, 15) is 29.6 Å². The average molecular weight is 501 g/mol. The predicted molar refractivity (Wildman–Crippen MR) is 123 cm³/mol. The number of halogens is 1. The zero-order chi connectivity index (χ0) is 25.7. The molecule has 1 aliphatic carbocycles. The molecule has 3 aromatic rings. The summed E-state index contributed by atoms with van der Waals surface area (Å²) in [5, 5.41) is 48.3. The molecule has 190 valence electrons. The van der Waals surface area contributed by atoms with Crippen LogP contribution in [-0.4, -0.2) is 81.5 Å². The second kappa shape index (κ2) is 9.06. The lowest BCUT2D eigenvalue weighted by Crippen LogP contribution is -2.63. The van der Waals surface area contributed by atoms with Gasteiger partial charge in [0.15, 0.2) is 23.8 Å². The van der Waals surface area contributed by atoms with Crippen molar-refractivity contribution in [1.82, 2.24) is 10.2 Å². The van der Waals surface area contributed by atoms with Crippen LogP contribution in [0.15, 0.2) is 36.4 Å². The SMILES string of the molecule is COc1cc2c(cc1OC)-c1n[nH]c(N(c3cccc(F)c3)[C@@H]3O[C@H](C(=O)O)[C@@H](O)[C@H](O)[C@H]3O)c1C2. The highest BCUT2D eigenvalue weighted by atomic mass is 19.1. The molecular formula is C24H24FN3O8. The molecule has 1 saturated heterocycles. The maximum atomic E-state index is 14.3. The molecule has 1 aromatic heterocycles. The van der Waals surface area contributed by atoms with Crippen molar-refractivity contribution in [2.75, 3.05) is 19.1 Å². The highest BCUT2D eigenvalue weighted by Gasteiger charge is 2.50. The van der Waals surface area contributed by atoms with Crippen LogP contribution in [0.1, 0.15) is 11.1 Å². The first-order valence-electron chi connectivity index (χ1n) is 11.0. The third-order valence-corrected chi connectivity index (χ3v) is 6.49. The quantitative estimate of drug-likeness (QED) is 0.260. The number of anilines is 2. The fourth-order valence-corrected chi connectivity index (χ4v) is 4.73. The molecule has 0 saturated carbocycles. The number of aromatic amines is 1. The second-order valence-electron chi connectivity index (χ2n) is 8.55. The number of hydrogen-bond acceptors (Lipinski definition) is 9. The zero-order valence-corrected chi connectivity index (χ0v) is 19.3. The summed E-state index contributed by atoms with van der Waals surface area (Å²) in [6.45, 7) is 0. The highest BCUT2D eigenvalue weighted by Crippen LogP contribution is 2.46. The number of nitrogens with one attached hydrogen (secondary N) is 1. The second-order valence-corrected chi connectivity index (χ2v) is 8.55. The third kappa shape index (κ3) is 3.75. The fourth-order valence-electron chi connectivity index (χ4n) is 4.73. The summed E-state index contributed by atoms with van der Waals surface area (Å²) in [4.78, 5) is 13.1. The number of aromatic nitrogens is 2. The van der Waals surface area contributed by atoms with Gasteiger partial charge in [-0.3, -0.25) is 10.00 Å². The molecule has 5 atom stereocenters. The first-order chi connectivity index (χ1) is 17.2. The number of H-pyrrole nitrogens is 1. The molecule has 1 aliphatic heterocycles. The van der Waals surface area contributed by atoms with Crippen LogP contribution in [0.25, 0.3) is 11.3 Å². The van der Waals surface area contributed by atoms with Gasteiger partial charge >= 0.3 is 5.97 Å². The number of carboxylic acid groups (broad SMARTS) is 1. The number of hydrogen-bond donors (Lipinski definition) is 5. The monoisotopic (exact) mass is 501 g/mol. The molecule has 1 fully saturated rings. The first kappa shape index (κ1) is 24.0. The summed E-state index contributed by atoms with van der Waals surface area (Å²) in [6.07, 6.45) is -8.45. The standard InChI is InChI=1S/C24H24FN3O8/c1-34-15-7-10-6-14-17(13(10)9-16(15)35-2)26-27-22(14)28(12-5-3-4-11(25)8-12)23-20(31)18(29)19(30)21(36-23)24(32)33/h3-5,7-9,18-21,23,29-31H,6H2,1-2H3,(H,26,27)(H,32,33)/t18-,19-,20+,21-,23+/m0/s1. The Labute approximate surface area is 204 Å². The summed E-state index contributed by atoms with van der Waals surface area (Å²) >= 11 is 0. The van der Waals surface area contributed by atoms with Crippen molar-refractivity contribution in [1.29, 1.82) is 0 Å². The van der Waals surface area contributed by atoms with E-state index in [0.717, 1.165) is 11.1 Å². The number of aliphatic hydroxyl groups excluding tert-OH is 3. The Balaban J connectivity index is 1.64. The van der Waals surface area contributed by atoms with Gasteiger partial charge in [-0.15, -0.1) is 0 Å². The molecule has 11 nitrogen and oxygen atoms in total. The summed E-state index contributed by atoms with van der Waals surface area (Å²) in [5.74, 6) is -0.794. The maximum absolute atomic E-state index is 14.3. The number of benzene rings is 2. The van der Waals surface area contributed by atoms with E-state index in [2.05, 4.69) is 10.2 Å². The van der Waals surface area contributed by atoms with Crippen LogP contribution >= 0.6 is 0 Å². The van der Waals surface area contributed by atoms with Crippen LogP contribution in [0.2, 0.25) is 0 Å². The Hall–Kier alpha value is -3.71. The summed E-state index contributed by atoms with van der Waals surface area (Å²) in [6, 6.07) is 8.97. The topological polar surface area (TPSA) is 158 Å². The van der Waals surface area contributed by atoms with E-state index in [0.29, 0.717) is 35.0 Å². The molecule has 12 heteroatoms. The van der Waals surface area contributed by atoms with E-state index in [1.165, 1.54) is 43.4 Å². The number of ether oxygens (including phenoxy) is 3. The summed E-state index contributed by atoms with van der Waals surface area (Å²) in [7, 11) is 3.04. The Morgan fingerprint density at radius 3 is 2.50 bits per heavy atom. The van der Waals surface area contributed by atoms with Gasteiger partial charge in [-0.25, -0.2) is 9.18 Å². The van der Waals surface area contributed by atoms with Crippen molar-refractivity contribution < 1.29 is 43.8 Å². The minimum absolute atomic E-state index is 0.198. The molecule has 0 unspecified atom stereocenters. The van der Waals surface area contributed by atoms with Crippen LogP contribution in [-0.2, 0) is 16.0 Å². The van der Waals surface area contributed by atoms with Crippen LogP contribution in [0, 0.1) is 5.82 Å². The number of rotatable bonds is 6. The molecule has 0 bridgehead atoms. The number of aliphatic carboxylic acids is 1. The maximum Gasteiger partial charge on any atom is 0.335 e. The van der Waals surface area contributed by atoms with Crippen molar-refractivity contribution >= 4 is 17.5 Å². The lowest BCUT2D eigenvalue weighted by Gasteiger charge is -2.44. The van der Waals surface area contributed by atoms with Gasteiger partial charge in [0.05, 0.1) is 19.9 Å². The van der Waals surface area contributed by atoms with Crippen LogP contribution in [0.5, 0.6) is 11.5 Å². The van der Waals surface area contributed by atoms with Gasteiger partial charge in [0, 0.05) is 23.2 Å². The van der Waals surface area contributed by atoms with Gasteiger partial charge in [0.25, 0.3) is 0 Å². The predicted octanol–water partition coefficient (Wildman–Crippen LogP) is 1.17. The van der Waals surface area contributed by atoms with E-state index in [-0.39, 0.29) is 5.69 Å². The van der Waals surface area contributed by atoms with E-state index in [1.807, 2.05) is 6.07 Å². The Morgan fingerprint density at radius 1 is 1.11 bits per heavy atom. The Kier molecular flexibility index (Phi) is 6.04. The molecular weight excluding hydrogens is 477 g/mol. The lowest BCUT2D eigenvalue weighted by molar-refractivity contribution is -0.225. The van der Waals surface area contributed by atoms with Gasteiger partial charge in [-0.05, 0) is 35.9 Å². The molecule has 0 radical (unpaired) electrons. The summed E-state index contributed by atoms with van der Waals surface area (Å²) < 4.78 is 30.7. The van der Waals surface area contributed by atoms with E-state index in [1.54, 1.807) is 6.07 Å². The molecule has 2 aliphatic rings. The largest absolute Gasteiger partial charge is 0.493 e. The number of carboxylic acids is 1. The molecule has 2 heterocycles. The van der Waals surface area contributed by atoms with Crippen LogP contribution in [0.3, 0.4) is 0 Å². The van der Waals surface area contributed by atoms with Crippen LogP contribution < -0.4 is 14.4 Å². The molecule has 2 aromatic carbocycles. The Bertz CT molecular complexity index is 1310. The number of fused-ring (bicyclic) bond motifs is 3. The van der Waals surface area contributed by atoms with Gasteiger partial charge in [-0.2, -0.15) is 5.10 Å². The van der Waals surface area contributed by atoms with E-state index in [4.69, 9.17) is 14.2 Å². The molecule has 5 rings (SSSR count). The first-order valence-corrected chi connectivity index (χ1v) is 11.0. The third-order valence-electron chi connectivity index (χ3n) is 6.49. The molecule has 0 spiro atoms. The van der Waals surface area contributed by atoms with Crippen molar-refractivity contribution in [2.24, 2.45) is 0 Å². The van der Waals surface area contributed by atoms with Gasteiger partial charge in [0.2, 0.25) is 0 Å². The van der Waals surface area contributed by atoms with E-state index < -0.39 is 42.4 Å². The minimum atomic E-state index is -1.88. The van der Waals surface area contributed by atoms with Gasteiger partial charge < -0.3 is 34.6 Å². The normalized spacial score (nSPS) is 24.7. The molecule has 5 N–H and O–H groups in total. The smallest absolute Gasteiger partial charge is 0.335 e. The van der Waals surface area contributed by atoms with Crippen LogP contribution in [0.4, 0.5) is 15.9 Å². The Morgan fingerprint density at radius 2 is 1.83 bits per heavy atom. The number of nitrogens with zero attached hydrogens (tertiary/aromatic N) is 2. The van der Waals surface area contributed by atoms with Crippen molar-refractivity contribution in [3.63, 3.8) is 0 Å². The van der Waals surface area contributed by atoms with Crippen molar-refractivity contribution in [3.8, 4) is 22.8 Å². The highest BCUT2D eigenvalue weighted by molar-refractivity contribution is 5.82. The zero-order valence-electron chi connectivity index (χ0n) is 19.3. The minimum Gasteiger partial charge on any atom is -0.493 e. The molecule has 0 amide bonds. The van der Waals surface area contributed by atoms with Gasteiger partial charge in [-0.1, -0.05) is 6.07 Å². The van der Waals surface area contributed by atoms with E-state index >= 15 is 0 Å².